The predicted molar refractivity (Wildman–Crippen MR) is 99.1 cm³/mol. The van der Waals surface area contributed by atoms with E-state index >= 15 is 0 Å². The smallest absolute Gasteiger partial charge is 0.335 e. The number of hydrogen-bond donors (Lipinski definition) is 1. The van der Waals surface area contributed by atoms with E-state index in [1.807, 2.05) is 0 Å². The summed E-state index contributed by atoms with van der Waals surface area (Å²) >= 11 is 17.9. The normalized spacial score (nSPS) is 18.7. The standard InChI is InChI=1S/C17H9Cl3N2O4/c18-11-5-4-10(7-12(11)19)22-15(23)13(20)14(16(22)24)21-9-3-1-2-8(6-9)17(25)26/h1-7,13H,(H,25,26). The third-order valence-corrected chi connectivity index (χ3v) is 4.74. The fraction of sp³-hybridized carbons (Fsp3) is 0.0588. The molecule has 2 amide bonds. The van der Waals surface area contributed by atoms with Crippen LogP contribution in [0.3, 0.4) is 0 Å². The molecular formula is C17H9Cl3N2O4. The molecule has 1 unspecified atom stereocenters. The molecule has 1 atom stereocenters. The molecule has 0 radical (unpaired) electrons. The molecule has 132 valence electrons. The van der Waals surface area contributed by atoms with Crippen LogP contribution >= 0.6 is 34.8 Å². The lowest BCUT2D eigenvalue weighted by atomic mass is 10.2. The van der Waals surface area contributed by atoms with Gasteiger partial charge in [-0.25, -0.2) is 14.7 Å². The molecule has 1 aliphatic rings. The minimum Gasteiger partial charge on any atom is -0.478 e. The van der Waals surface area contributed by atoms with Gasteiger partial charge in [-0.1, -0.05) is 29.3 Å². The highest BCUT2D eigenvalue weighted by molar-refractivity contribution is 6.68. The maximum absolute atomic E-state index is 12.6. The molecule has 0 aromatic heterocycles. The van der Waals surface area contributed by atoms with E-state index in [2.05, 4.69) is 4.99 Å². The molecule has 3 rings (SSSR count). The van der Waals surface area contributed by atoms with E-state index in [0.717, 1.165) is 4.90 Å². The van der Waals surface area contributed by atoms with Crippen LogP contribution < -0.4 is 4.90 Å². The van der Waals surface area contributed by atoms with E-state index in [9.17, 15) is 14.4 Å². The molecule has 1 N–H and O–H groups in total. The first kappa shape index (κ1) is 18.4. The van der Waals surface area contributed by atoms with Crippen LogP contribution in [0.2, 0.25) is 10.0 Å². The summed E-state index contributed by atoms with van der Waals surface area (Å²) in [4.78, 5) is 41.0. The van der Waals surface area contributed by atoms with Gasteiger partial charge in [0.2, 0.25) is 0 Å². The third-order valence-electron chi connectivity index (χ3n) is 3.60. The van der Waals surface area contributed by atoms with Gasteiger partial charge in [-0.2, -0.15) is 0 Å². The Morgan fingerprint density at radius 1 is 1.08 bits per heavy atom. The molecule has 9 heteroatoms. The average molecular weight is 412 g/mol. The molecule has 1 fully saturated rings. The summed E-state index contributed by atoms with van der Waals surface area (Å²) in [5.41, 5.74) is 0.202. The lowest BCUT2D eigenvalue weighted by molar-refractivity contribution is -0.120. The van der Waals surface area contributed by atoms with Gasteiger partial charge in [0.25, 0.3) is 11.8 Å². The molecule has 1 aliphatic heterocycles. The van der Waals surface area contributed by atoms with Crippen molar-refractivity contribution in [3.63, 3.8) is 0 Å². The highest BCUT2D eigenvalue weighted by atomic mass is 35.5. The predicted octanol–water partition coefficient (Wildman–Crippen LogP) is 3.94. The Hall–Kier alpha value is -2.41. The zero-order chi connectivity index (χ0) is 19.0. The largest absolute Gasteiger partial charge is 0.478 e. The van der Waals surface area contributed by atoms with Gasteiger partial charge in [-0.3, -0.25) is 9.59 Å². The minimum atomic E-state index is -1.30. The molecule has 0 saturated carbocycles. The number of nitrogens with zero attached hydrogens (tertiary/aromatic N) is 2. The zero-order valence-corrected chi connectivity index (χ0v) is 15.1. The second kappa shape index (κ2) is 7.07. The van der Waals surface area contributed by atoms with Crippen molar-refractivity contribution >= 4 is 69.7 Å². The van der Waals surface area contributed by atoms with Crippen LogP contribution in [0.1, 0.15) is 10.4 Å². The summed E-state index contributed by atoms with van der Waals surface area (Å²) in [6.45, 7) is 0. The minimum absolute atomic E-state index is 0.00363. The van der Waals surface area contributed by atoms with Crippen LogP contribution in [0.4, 0.5) is 11.4 Å². The molecule has 26 heavy (non-hydrogen) atoms. The van der Waals surface area contributed by atoms with E-state index < -0.39 is 23.2 Å². The van der Waals surface area contributed by atoms with Gasteiger partial charge in [0, 0.05) is 0 Å². The van der Waals surface area contributed by atoms with Crippen molar-refractivity contribution in [3.05, 3.63) is 58.1 Å². The number of carbonyl (C=O) groups excluding carboxylic acids is 2. The number of hydrogen-bond acceptors (Lipinski definition) is 4. The molecular weight excluding hydrogens is 403 g/mol. The summed E-state index contributed by atoms with van der Waals surface area (Å²) in [7, 11) is 0. The summed E-state index contributed by atoms with van der Waals surface area (Å²) in [6, 6.07) is 9.92. The number of rotatable bonds is 3. The number of alkyl halides is 1. The number of aromatic carboxylic acids is 1. The Morgan fingerprint density at radius 2 is 1.81 bits per heavy atom. The number of carboxylic acids is 1. The number of carbonyl (C=O) groups is 3. The van der Waals surface area contributed by atoms with Crippen LogP contribution in [-0.2, 0) is 9.59 Å². The lowest BCUT2D eigenvalue weighted by Gasteiger charge is -2.13. The van der Waals surface area contributed by atoms with Crippen LogP contribution in [0.5, 0.6) is 0 Å². The Morgan fingerprint density at radius 3 is 2.46 bits per heavy atom. The summed E-state index contributed by atoms with van der Waals surface area (Å²) in [5.74, 6) is -2.53. The van der Waals surface area contributed by atoms with E-state index in [0.29, 0.717) is 0 Å². The van der Waals surface area contributed by atoms with Crippen molar-refractivity contribution in [2.45, 2.75) is 5.38 Å². The summed E-state index contributed by atoms with van der Waals surface area (Å²) < 4.78 is 0. The maximum Gasteiger partial charge on any atom is 0.335 e. The first-order valence-corrected chi connectivity index (χ1v) is 8.38. The summed E-state index contributed by atoms with van der Waals surface area (Å²) in [5, 5.41) is 8.18. The highest BCUT2D eigenvalue weighted by Gasteiger charge is 2.44. The number of anilines is 1. The topological polar surface area (TPSA) is 87.0 Å². The van der Waals surface area contributed by atoms with E-state index in [1.165, 1.54) is 42.5 Å². The van der Waals surface area contributed by atoms with Crippen LogP contribution in [0.25, 0.3) is 0 Å². The number of aliphatic imine (C=N–C) groups is 1. The molecule has 1 saturated heterocycles. The molecule has 0 aliphatic carbocycles. The van der Waals surface area contributed by atoms with Crippen molar-refractivity contribution in [2.75, 3.05) is 4.90 Å². The van der Waals surface area contributed by atoms with Crippen molar-refractivity contribution in [3.8, 4) is 0 Å². The number of benzene rings is 2. The van der Waals surface area contributed by atoms with Gasteiger partial charge < -0.3 is 5.11 Å². The Bertz CT molecular complexity index is 974. The summed E-state index contributed by atoms with van der Waals surface area (Å²) in [6.07, 6.45) is 0. The van der Waals surface area contributed by atoms with Crippen LogP contribution in [-0.4, -0.2) is 34.0 Å². The van der Waals surface area contributed by atoms with E-state index in [-0.39, 0.29) is 32.7 Å². The number of halogens is 3. The second-order valence-corrected chi connectivity index (χ2v) is 6.54. The SMILES string of the molecule is O=C(O)c1cccc(N=C2C(=O)N(c3ccc(Cl)c(Cl)c3)C(=O)C2Cl)c1. The monoisotopic (exact) mass is 410 g/mol. The molecule has 2 aromatic rings. The van der Waals surface area contributed by atoms with Gasteiger partial charge in [-0.15, -0.1) is 11.6 Å². The Labute approximate surface area is 162 Å². The number of carboxylic acid groups (broad SMARTS) is 1. The molecule has 0 bridgehead atoms. The van der Waals surface area contributed by atoms with Gasteiger partial charge in [-0.05, 0) is 36.4 Å². The fourth-order valence-corrected chi connectivity index (χ4v) is 2.91. The van der Waals surface area contributed by atoms with Crippen molar-refractivity contribution < 1.29 is 19.5 Å². The van der Waals surface area contributed by atoms with Crippen LogP contribution in [0, 0.1) is 0 Å². The Kier molecular flexibility index (Phi) is 5.00. The fourth-order valence-electron chi connectivity index (χ4n) is 2.37. The van der Waals surface area contributed by atoms with Gasteiger partial charge in [0.1, 0.15) is 5.71 Å². The maximum atomic E-state index is 12.6. The van der Waals surface area contributed by atoms with Gasteiger partial charge >= 0.3 is 5.97 Å². The van der Waals surface area contributed by atoms with Crippen molar-refractivity contribution in [2.24, 2.45) is 4.99 Å². The van der Waals surface area contributed by atoms with Gasteiger partial charge in [0.15, 0.2) is 5.38 Å². The van der Waals surface area contributed by atoms with Crippen molar-refractivity contribution in [1.82, 2.24) is 0 Å². The van der Waals surface area contributed by atoms with Crippen molar-refractivity contribution in [1.29, 1.82) is 0 Å². The molecule has 2 aromatic carbocycles. The highest BCUT2D eigenvalue weighted by Crippen LogP contribution is 2.31. The van der Waals surface area contributed by atoms with E-state index in [4.69, 9.17) is 39.9 Å². The van der Waals surface area contributed by atoms with E-state index in [1.54, 1.807) is 0 Å². The quantitative estimate of drug-likeness (QED) is 0.612. The van der Waals surface area contributed by atoms with Crippen LogP contribution in [0.15, 0.2) is 47.5 Å². The first-order valence-electron chi connectivity index (χ1n) is 7.19. The average Bonchev–Trinajstić information content (AvgIpc) is 2.81. The lowest BCUT2D eigenvalue weighted by Crippen LogP contribution is -2.31. The zero-order valence-electron chi connectivity index (χ0n) is 12.8. The number of amides is 2. The number of imide groups is 1. The second-order valence-electron chi connectivity index (χ2n) is 5.29. The molecule has 1 heterocycles. The molecule has 0 spiro atoms. The van der Waals surface area contributed by atoms with Gasteiger partial charge in [0.05, 0.1) is 27.0 Å². The third kappa shape index (κ3) is 3.31. The Balaban J connectivity index is 2.01. The first-order chi connectivity index (χ1) is 12.3. The molecule has 6 nitrogen and oxygen atoms in total.